The van der Waals surface area contributed by atoms with Gasteiger partial charge in [-0.25, -0.2) is 0 Å². The number of hydrogen-bond donors (Lipinski definition) is 2. The summed E-state index contributed by atoms with van der Waals surface area (Å²) in [6, 6.07) is 6.00. The summed E-state index contributed by atoms with van der Waals surface area (Å²) in [6.45, 7) is 11.1. The highest BCUT2D eigenvalue weighted by Crippen LogP contribution is 2.25. The zero-order chi connectivity index (χ0) is 14.0. The quantitative estimate of drug-likeness (QED) is 0.822. The number of halogens is 1. The Balaban J connectivity index is 2.03. The predicted molar refractivity (Wildman–Crippen MR) is 83.6 cm³/mol. The van der Waals surface area contributed by atoms with Crippen molar-refractivity contribution in [3.63, 3.8) is 0 Å². The number of aromatic amines is 1. The van der Waals surface area contributed by atoms with Crippen molar-refractivity contribution in [2.45, 2.75) is 34.2 Å². The molecule has 0 aliphatic carbocycles. The van der Waals surface area contributed by atoms with Gasteiger partial charge in [0.2, 0.25) is 0 Å². The van der Waals surface area contributed by atoms with Crippen molar-refractivity contribution in [1.29, 1.82) is 0 Å². The van der Waals surface area contributed by atoms with E-state index in [1.54, 1.807) is 0 Å². The maximum Gasteiger partial charge on any atom is 0.0472 e. The minimum atomic E-state index is 0.315. The minimum Gasteiger partial charge on any atom is -0.361 e. The van der Waals surface area contributed by atoms with Crippen molar-refractivity contribution in [2.75, 3.05) is 6.54 Å². The Labute approximate surface area is 120 Å². The van der Waals surface area contributed by atoms with Gasteiger partial charge in [0.1, 0.15) is 0 Å². The molecule has 1 aromatic carbocycles. The molecule has 0 bridgehead atoms. The van der Waals surface area contributed by atoms with Crippen molar-refractivity contribution >= 4 is 22.5 Å². The first-order valence-corrected chi connectivity index (χ1v) is 7.24. The van der Waals surface area contributed by atoms with E-state index in [1.165, 1.54) is 10.9 Å². The lowest BCUT2D eigenvalue weighted by atomic mass is 9.81. The van der Waals surface area contributed by atoms with Crippen LogP contribution in [0.25, 0.3) is 10.9 Å². The molecule has 19 heavy (non-hydrogen) atoms. The third-order valence-corrected chi connectivity index (χ3v) is 4.42. The van der Waals surface area contributed by atoms with Crippen LogP contribution in [0, 0.1) is 11.3 Å². The van der Waals surface area contributed by atoms with Gasteiger partial charge in [-0.15, -0.1) is 0 Å². The molecular weight excluding hydrogens is 256 g/mol. The summed E-state index contributed by atoms with van der Waals surface area (Å²) in [4.78, 5) is 3.27. The Hall–Kier alpha value is -0.990. The van der Waals surface area contributed by atoms with Gasteiger partial charge in [0.25, 0.3) is 0 Å². The van der Waals surface area contributed by atoms with E-state index in [1.807, 2.05) is 12.1 Å². The molecule has 0 aliphatic heterocycles. The molecule has 1 aromatic heterocycles. The second-order valence-electron chi connectivity index (χ2n) is 6.25. The maximum atomic E-state index is 5.99. The van der Waals surface area contributed by atoms with Crippen LogP contribution >= 0.6 is 11.6 Å². The number of benzene rings is 1. The standard InChI is InChI=1S/C16H23ClN2/c1-11(2)16(3,4)10-18-8-12-9-19-15-7-13(17)5-6-14(12)15/h5-7,9,11,18-19H,8,10H2,1-4H3. The van der Waals surface area contributed by atoms with E-state index in [4.69, 9.17) is 11.6 Å². The van der Waals surface area contributed by atoms with Crippen LogP contribution in [0.4, 0.5) is 0 Å². The smallest absolute Gasteiger partial charge is 0.0472 e. The zero-order valence-corrected chi connectivity index (χ0v) is 12.9. The van der Waals surface area contributed by atoms with E-state index < -0.39 is 0 Å². The van der Waals surface area contributed by atoms with Gasteiger partial charge in [-0.2, -0.15) is 0 Å². The molecule has 2 aromatic rings. The SMILES string of the molecule is CC(C)C(C)(C)CNCc1c[nH]c2cc(Cl)ccc12. The van der Waals surface area contributed by atoms with Gasteiger partial charge in [-0.05, 0) is 29.0 Å². The van der Waals surface area contributed by atoms with Gasteiger partial charge in [0.15, 0.2) is 0 Å². The Bertz CT molecular complexity index is 555. The fourth-order valence-electron chi connectivity index (χ4n) is 2.03. The molecule has 0 unspecified atom stereocenters. The fraction of sp³-hybridized carbons (Fsp3) is 0.500. The molecule has 0 radical (unpaired) electrons. The first-order chi connectivity index (χ1) is 8.90. The topological polar surface area (TPSA) is 27.8 Å². The molecule has 0 aliphatic rings. The Morgan fingerprint density at radius 2 is 2.05 bits per heavy atom. The molecule has 0 spiro atoms. The Morgan fingerprint density at radius 1 is 1.32 bits per heavy atom. The molecule has 0 amide bonds. The molecule has 0 saturated carbocycles. The number of fused-ring (bicyclic) bond motifs is 1. The normalized spacial score (nSPS) is 12.5. The maximum absolute atomic E-state index is 5.99. The number of rotatable bonds is 5. The number of aromatic nitrogens is 1. The molecule has 104 valence electrons. The van der Waals surface area contributed by atoms with Crippen LogP contribution < -0.4 is 5.32 Å². The minimum absolute atomic E-state index is 0.315. The van der Waals surface area contributed by atoms with E-state index in [-0.39, 0.29) is 0 Å². The van der Waals surface area contributed by atoms with Crippen molar-refractivity contribution < 1.29 is 0 Å². The monoisotopic (exact) mass is 278 g/mol. The van der Waals surface area contributed by atoms with Crippen LogP contribution in [0.3, 0.4) is 0 Å². The lowest BCUT2D eigenvalue weighted by Gasteiger charge is -2.29. The fourth-order valence-corrected chi connectivity index (χ4v) is 2.20. The molecule has 0 fully saturated rings. The van der Waals surface area contributed by atoms with Gasteiger partial charge in [-0.1, -0.05) is 45.4 Å². The van der Waals surface area contributed by atoms with Gasteiger partial charge < -0.3 is 10.3 Å². The van der Waals surface area contributed by atoms with Crippen LogP contribution in [-0.2, 0) is 6.54 Å². The first kappa shape index (κ1) is 14.4. The zero-order valence-electron chi connectivity index (χ0n) is 12.2. The summed E-state index contributed by atoms with van der Waals surface area (Å²) in [6.07, 6.45) is 2.07. The lowest BCUT2D eigenvalue weighted by Crippen LogP contribution is -2.33. The summed E-state index contributed by atoms with van der Waals surface area (Å²) in [5, 5.41) is 5.59. The van der Waals surface area contributed by atoms with Crippen LogP contribution in [0.15, 0.2) is 24.4 Å². The van der Waals surface area contributed by atoms with Crippen molar-refractivity contribution in [3.8, 4) is 0 Å². The van der Waals surface area contributed by atoms with Crippen LogP contribution in [0.1, 0.15) is 33.3 Å². The highest BCUT2D eigenvalue weighted by Gasteiger charge is 2.21. The summed E-state index contributed by atoms with van der Waals surface area (Å²) < 4.78 is 0. The van der Waals surface area contributed by atoms with E-state index >= 15 is 0 Å². The highest BCUT2D eigenvalue weighted by molar-refractivity contribution is 6.31. The van der Waals surface area contributed by atoms with Gasteiger partial charge >= 0.3 is 0 Å². The van der Waals surface area contributed by atoms with Crippen LogP contribution in [0.2, 0.25) is 5.02 Å². The van der Waals surface area contributed by atoms with Crippen molar-refractivity contribution in [3.05, 3.63) is 35.0 Å². The molecule has 0 saturated heterocycles. The van der Waals surface area contributed by atoms with Gasteiger partial charge in [0.05, 0.1) is 0 Å². The highest BCUT2D eigenvalue weighted by atomic mass is 35.5. The molecule has 3 heteroatoms. The van der Waals surface area contributed by atoms with Crippen LogP contribution in [-0.4, -0.2) is 11.5 Å². The van der Waals surface area contributed by atoms with E-state index in [2.05, 4.69) is 50.3 Å². The summed E-state index contributed by atoms with van der Waals surface area (Å²) in [5.74, 6) is 0.668. The lowest BCUT2D eigenvalue weighted by molar-refractivity contribution is 0.238. The summed E-state index contributed by atoms with van der Waals surface area (Å²) in [7, 11) is 0. The molecule has 2 N–H and O–H groups in total. The molecular formula is C16H23ClN2. The van der Waals surface area contributed by atoms with Gasteiger partial charge in [0, 0.05) is 35.2 Å². The Morgan fingerprint density at radius 3 is 2.74 bits per heavy atom. The van der Waals surface area contributed by atoms with Crippen LogP contribution in [0.5, 0.6) is 0 Å². The summed E-state index contributed by atoms with van der Waals surface area (Å²) >= 11 is 5.99. The average molecular weight is 279 g/mol. The molecule has 2 nitrogen and oxygen atoms in total. The number of H-pyrrole nitrogens is 1. The molecule has 1 heterocycles. The molecule has 2 rings (SSSR count). The van der Waals surface area contributed by atoms with Crippen molar-refractivity contribution in [2.24, 2.45) is 11.3 Å². The van der Waals surface area contributed by atoms with E-state index in [9.17, 15) is 0 Å². The first-order valence-electron chi connectivity index (χ1n) is 6.86. The number of hydrogen-bond acceptors (Lipinski definition) is 1. The Kier molecular flexibility index (Phi) is 4.22. The predicted octanol–water partition coefficient (Wildman–Crippen LogP) is 4.59. The largest absolute Gasteiger partial charge is 0.361 e. The second kappa shape index (κ2) is 5.56. The number of nitrogens with one attached hydrogen (secondary N) is 2. The third kappa shape index (κ3) is 3.31. The van der Waals surface area contributed by atoms with E-state index in [0.717, 1.165) is 23.6 Å². The summed E-state index contributed by atoms with van der Waals surface area (Å²) in [5.41, 5.74) is 2.72. The third-order valence-electron chi connectivity index (χ3n) is 4.19. The van der Waals surface area contributed by atoms with Gasteiger partial charge in [-0.3, -0.25) is 0 Å². The van der Waals surface area contributed by atoms with E-state index in [0.29, 0.717) is 11.3 Å². The van der Waals surface area contributed by atoms with Crippen molar-refractivity contribution in [1.82, 2.24) is 10.3 Å². The second-order valence-corrected chi connectivity index (χ2v) is 6.69. The average Bonchev–Trinajstić information content (AvgIpc) is 2.71. The molecule has 0 atom stereocenters.